The van der Waals surface area contributed by atoms with E-state index < -0.39 is 0 Å². The monoisotopic (exact) mass is 484 g/mol. The third kappa shape index (κ3) is 5.13. The van der Waals surface area contributed by atoms with Crippen LogP contribution in [0.2, 0.25) is 0 Å². The number of hydrogen-bond acceptors (Lipinski definition) is 7. The van der Waals surface area contributed by atoms with Gasteiger partial charge >= 0.3 is 0 Å². The molecule has 3 heterocycles. The van der Waals surface area contributed by atoms with Gasteiger partial charge in [-0.2, -0.15) is 5.26 Å². The van der Waals surface area contributed by atoms with Crippen molar-refractivity contribution in [2.45, 2.75) is 38.5 Å². The Hall–Kier alpha value is -3.51. The van der Waals surface area contributed by atoms with Crippen molar-refractivity contribution in [1.29, 1.82) is 5.26 Å². The molecule has 1 aliphatic rings. The third-order valence-corrected chi connectivity index (χ3v) is 7.46. The van der Waals surface area contributed by atoms with E-state index >= 15 is 0 Å². The maximum atomic E-state index is 13.8. The number of nitrogens with zero attached hydrogens (tertiary/aromatic N) is 4. The minimum Gasteiger partial charge on any atom is -0.341 e. The number of hydrogen-bond donors (Lipinski definition) is 2. The predicted molar refractivity (Wildman–Crippen MR) is 141 cm³/mol. The van der Waals surface area contributed by atoms with Crippen LogP contribution in [0.5, 0.6) is 0 Å². The summed E-state index contributed by atoms with van der Waals surface area (Å²) in [5.41, 5.74) is 9.50. The molecule has 178 valence electrons. The van der Waals surface area contributed by atoms with Gasteiger partial charge in [0.25, 0.3) is 5.56 Å². The van der Waals surface area contributed by atoms with Crippen LogP contribution in [0.25, 0.3) is 10.2 Å². The number of nitrogens with two attached hydrogens (primary N) is 1. The third-order valence-electron chi connectivity index (χ3n) is 6.34. The summed E-state index contributed by atoms with van der Waals surface area (Å²) in [6.07, 6.45) is 1.93. The minimum absolute atomic E-state index is 0.0522. The molecule has 1 unspecified atom stereocenters. The largest absolute Gasteiger partial charge is 0.341 e. The molecule has 2 aromatic heterocycles. The van der Waals surface area contributed by atoms with E-state index in [2.05, 4.69) is 28.4 Å². The Balaban J connectivity index is 1.50. The fraction of sp³-hybridized carbons (Fsp3) is 0.296. The summed E-state index contributed by atoms with van der Waals surface area (Å²) in [5.74, 6) is 0.631. The van der Waals surface area contributed by atoms with Crippen molar-refractivity contribution in [1.82, 2.24) is 14.9 Å². The van der Waals surface area contributed by atoms with Gasteiger partial charge in [0, 0.05) is 37.1 Å². The van der Waals surface area contributed by atoms with E-state index in [1.807, 2.05) is 42.5 Å². The fourth-order valence-corrected chi connectivity index (χ4v) is 5.59. The number of anilines is 1. The number of fused-ring (bicyclic) bond motifs is 1. The van der Waals surface area contributed by atoms with Gasteiger partial charge in [0.15, 0.2) is 0 Å². The topological polar surface area (TPSA) is 100.0 Å². The van der Waals surface area contributed by atoms with Crippen molar-refractivity contribution in [3.8, 4) is 6.07 Å². The highest BCUT2D eigenvalue weighted by Gasteiger charge is 2.24. The molecule has 1 aliphatic heterocycles. The molecule has 0 saturated carbocycles. The van der Waals surface area contributed by atoms with Crippen molar-refractivity contribution in [3.63, 3.8) is 0 Å². The zero-order chi connectivity index (χ0) is 24.2. The second-order valence-corrected chi connectivity index (χ2v) is 10.1. The van der Waals surface area contributed by atoms with E-state index in [1.165, 1.54) is 16.9 Å². The Morgan fingerprint density at radius 1 is 1.14 bits per heavy atom. The van der Waals surface area contributed by atoms with E-state index in [-0.39, 0.29) is 11.6 Å². The molecule has 3 N–H and O–H groups in total. The maximum Gasteiger partial charge on any atom is 0.273 e. The molecule has 7 nitrogen and oxygen atoms in total. The number of nitrogens with one attached hydrogen (secondary N) is 1. The average molecular weight is 485 g/mol. The quantitative estimate of drug-likeness (QED) is 0.416. The number of rotatable bonds is 7. The van der Waals surface area contributed by atoms with E-state index in [9.17, 15) is 10.1 Å². The second-order valence-electron chi connectivity index (χ2n) is 8.94. The standard InChI is InChI=1S/C27H28N6OS/c28-14-20-9-4-5-10-21(20)17-33-26(34)25-24(31-27(33)32-12-6-11-22(29)18-32)13-23(35-25)16-30-15-19-7-2-1-3-8-19/h1-5,7-10,13,22,30H,6,11-12,15-18,29H2. The van der Waals surface area contributed by atoms with Crippen molar-refractivity contribution in [2.24, 2.45) is 5.73 Å². The van der Waals surface area contributed by atoms with Gasteiger partial charge in [0.2, 0.25) is 5.95 Å². The first-order valence-electron chi connectivity index (χ1n) is 11.9. The van der Waals surface area contributed by atoms with Crippen LogP contribution >= 0.6 is 11.3 Å². The summed E-state index contributed by atoms with van der Waals surface area (Å²) in [6, 6.07) is 22.0. The van der Waals surface area contributed by atoms with Crippen LogP contribution < -0.4 is 21.5 Å². The van der Waals surface area contributed by atoms with Crippen LogP contribution in [0.1, 0.15) is 34.4 Å². The van der Waals surface area contributed by atoms with Gasteiger partial charge in [0.05, 0.1) is 23.7 Å². The normalized spacial score (nSPS) is 15.9. The molecule has 4 aromatic rings. The molecule has 5 rings (SSSR count). The van der Waals surface area contributed by atoms with Crippen LogP contribution in [-0.4, -0.2) is 28.7 Å². The first-order chi connectivity index (χ1) is 17.1. The van der Waals surface area contributed by atoms with E-state index in [0.29, 0.717) is 35.8 Å². The van der Waals surface area contributed by atoms with Crippen molar-refractivity contribution >= 4 is 27.5 Å². The molecule has 8 heteroatoms. The molecule has 1 saturated heterocycles. The van der Waals surface area contributed by atoms with Crippen LogP contribution in [0.15, 0.2) is 65.5 Å². The second kappa shape index (κ2) is 10.4. The molecular weight excluding hydrogens is 456 g/mol. The zero-order valence-electron chi connectivity index (χ0n) is 19.5. The van der Waals surface area contributed by atoms with Gasteiger partial charge in [-0.25, -0.2) is 4.98 Å². The molecule has 0 radical (unpaired) electrons. The number of aromatic nitrogens is 2. The molecule has 1 atom stereocenters. The SMILES string of the molecule is N#Cc1ccccc1Cn1c(N2CCCC(N)C2)nc2cc(CNCc3ccccc3)sc2c1=O. The molecule has 2 aromatic carbocycles. The summed E-state index contributed by atoms with van der Waals surface area (Å²) in [4.78, 5) is 21.9. The maximum absolute atomic E-state index is 13.8. The number of piperidine rings is 1. The lowest BCUT2D eigenvalue weighted by Gasteiger charge is -2.33. The van der Waals surface area contributed by atoms with Crippen LogP contribution in [-0.2, 0) is 19.6 Å². The molecule has 0 amide bonds. The summed E-state index contributed by atoms with van der Waals surface area (Å²) >= 11 is 1.48. The first kappa shape index (κ1) is 23.2. The lowest BCUT2D eigenvalue weighted by atomic mass is 10.1. The zero-order valence-corrected chi connectivity index (χ0v) is 20.3. The average Bonchev–Trinajstić information content (AvgIpc) is 3.30. The number of benzene rings is 2. The molecule has 35 heavy (non-hydrogen) atoms. The van der Waals surface area contributed by atoms with Crippen molar-refractivity contribution < 1.29 is 0 Å². The predicted octanol–water partition coefficient (Wildman–Crippen LogP) is 3.60. The lowest BCUT2D eigenvalue weighted by molar-refractivity contribution is 0.492. The van der Waals surface area contributed by atoms with E-state index in [1.54, 1.807) is 10.6 Å². The van der Waals surface area contributed by atoms with Gasteiger partial charge in [-0.15, -0.1) is 11.3 Å². The Labute approximate surface area is 208 Å². The van der Waals surface area contributed by atoms with Crippen molar-refractivity contribution in [3.05, 3.63) is 92.6 Å². The van der Waals surface area contributed by atoms with Crippen LogP contribution in [0.4, 0.5) is 5.95 Å². The first-order valence-corrected chi connectivity index (χ1v) is 12.7. The highest BCUT2D eigenvalue weighted by Crippen LogP contribution is 2.26. The summed E-state index contributed by atoms with van der Waals surface area (Å²) < 4.78 is 2.36. The molecule has 0 aliphatic carbocycles. The molecule has 0 spiro atoms. The van der Waals surface area contributed by atoms with Gasteiger partial charge < -0.3 is 16.0 Å². The van der Waals surface area contributed by atoms with E-state index in [4.69, 9.17) is 10.7 Å². The lowest BCUT2D eigenvalue weighted by Crippen LogP contribution is -2.45. The molecule has 1 fully saturated rings. The fourth-order valence-electron chi connectivity index (χ4n) is 4.57. The molecular formula is C27H28N6OS. The van der Waals surface area contributed by atoms with Gasteiger partial charge in [-0.05, 0) is 36.1 Å². The van der Waals surface area contributed by atoms with E-state index in [0.717, 1.165) is 41.9 Å². The summed E-state index contributed by atoms with van der Waals surface area (Å²) in [6.45, 7) is 3.19. The van der Waals surface area contributed by atoms with Gasteiger partial charge in [-0.3, -0.25) is 9.36 Å². The molecule has 0 bridgehead atoms. The van der Waals surface area contributed by atoms with Gasteiger partial charge in [-0.1, -0.05) is 48.5 Å². The Morgan fingerprint density at radius 3 is 2.74 bits per heavy atom. The summed E-state index contributed by atoms with van der Waals surface area (Å²) in [5, 5.41) is 13.0. The Kier molecular flexibility index (Phi) is 6.91. The highest BCUT2D eigenvalue weighted by molar-refractivity contribution is 7.18. The Bertz CT molecular complexity index is 1420. The Morgan fingerprint density at radius 2 is 1.94 bits per heavy atom. The highest BCUT2D eigenvalue weighted by atomic mass is 32.1. The smallest absolute Gasteiger partial charge is 0.273 e. The number of nitriles is 1. The van der Waals surface area contributed by atoms with Crippen molar-refractivity contribution in [2.75, 3.05) is 18.0 Å². The number of thiophene rings is 1. The summed E-state index contributed by atoms with van der Waals surface area (Å²) in [7, 11) is 0. The van der Waals surface area contributed by atoms with Gasteiger partial charge in [0.1, 0.15) is 4.70 Å². The van der Waals surface area contributed by atoms with Crippen LogP contribution in [0.3, 0.4) is 0 Å². The minimum atomic E-state index is -0.0730. The van der Waals surface area contributed by atoms with Crippen LogP contribution in [0, 0.1) is 11.3 Å².